The first kappa shape index (κ1) is 20.7. The van der Waals surface area contributed by atoms with Crippen molar-refractivity contribution in [1.82, 2.24) is 0 Å². The largest absolute Gasteiger partial charge is 0.505 e. The molecule has 1 atom stereocenters. The summed E-state index contributed by atoms with van der Waals surface area (Å²) in [5.74, 6) is -2.98. The summed E-state index contributed by atoms with van der Waals surface area (Å²) in [6, 6.07) is 17.8. The lowest BCUT2D eigenvalue weighted by atomic mass is 9.99. The molecule has 0 spiro atoms. The van der Waals surface area contributed by atoms with E-state index in [-0.39, 0.29) is 11.7 Å². The van der Waals surface area contributed by atoms with E-state index in [2.05, 4.69) is 12.2 Å². The van der Waals surface area contributed by atoms with E-state index in [1.807, 2.05) is 36.4 Å². The maximum atomic E-state index is 14.1. The average Bonchev–Trinajstić information content (AvgIpc) is 2.72. The molecule has 0 saturated heterocycles. The smallest absolute Gasteiger partial charge is 0.200 e. The minimum atomic E-state index is -1.24. The second-order valence-electron chi connectivity index (χ2n) is 7.14. The fourth-order valence-electron chi connectivity index (χ4n) is 3.14. The Kier molecular flexibility index (Phi) is 6.78. The van der Waals surface area contributed by atoms with Crippen LogP contribution in [-0.2, 0) is 0 Å². The predicted molar refractivity (Wildman–Crippen MR) is 113 cm³/mol. The van der Waals surface area contributed by atoms with Gasteiger partial charge in [-0.2, -0.15) is 4.39 Å². The van der Waals surface area contributed by atoms with Gasteiger partial charge >= 0.3 is 0 Å². The molecule has 0 aromatic heterocycles. The van der Waals surface area contributed by atoms with Crippen LogP contribution in [-0.4, -0.2) is 16.3 Å². The van der Waals surface area contributed by atoms with E-state index < -0.39 is 17.4 Å². The van der Waals surface area contributed by atoms with Crippen molar-refractivity contribution >= 4 is 6.08 Å². The molecule has 0 aliphatic heterocycles. The van der Waals surface area contributed by atoms with Gasteiger partial charge in [0.25, 0.3) is 0 Å². The molecule has 1 unspecified atom stereocenters. The summed E-state index contributed by atoms with van der Waals surface area (Å²) >= 11 is 0. The van der Waals surface area contributed by atoms with E-state index >= 15 is 0 Å². The van der Waals surface area contributed by atoms with Gasteiger partial charge in [-0.3, -0.25) is 0 Å². The van der Waals surface area contributed by atoms with Gasteiger partial charge in [-0.25, -0.2) is 4.39 Å². The van der Waals surface area contributed by atoms with Crippen LogP contribution in [0.2, 0.25) is 0 Å². The molecule has 0 aliphatic carbocycles. The minimum Gasteiger partial charge on any atom is -0.505 e. The Morgan fingerprint density at radius 3 is 2.03 bits per heavy atom. The van der Waals surface area contributed by atoms with Crippen LogP contribution >= 0.6 is 0 Å². The molecule has 0 bridgehead atoms. The zero-order chi connectivity index (χ0) is 20.8. The molecule has 0 aliphatic rings. The number of unbranched alkanes of at least 4 members (excludes halogenated alkanes) is 1. The first-order chi connectivity index (χ1) is 14.0. The molecule has 4 heteroatoms. The molecule has 0 heterocycles. The number of aliphatic hydroxyl groups is 1. The van der Waals surface area contributed by atoms with Gasteiger partial charge in [0.1, 0.15) is 0 Å². The number of allylic oxidation sites excluding steroid dienone is 1. The third kappa shape index (κ3) is 5.30. The number of aliphatic hydroxyl groups excluding tert-OH is 1. The van der Waals surface area contributed by atoms with Crippen molar-refractivity contribution in [1.29, 1.82) is 0 Å². The second-order valence-corrected chi connectivity index (χ2v) is 7.14. The molecule has 2 nitrogen and oxygen atoms in total. The number of phenols is 1. The number of phenolic OH excluding ortho intramolecular Hbond substituents is 1. The van der Waals surface area contributed by atoms with Crippen LogP contribution < -0.4 is 0 Å². The number of halogens is 2. The van der Waals surface area contributed by atoms with Crippen molar-refractivity contribution in [2.75, 3.05) is 0 Å². The van der Waals surface area contributed by atoms with E-state index in [9.17, 15) is 19.0 Å². The molecule has 3 aromatic rings. The maximum absolute atomic E-state index is 14.1. The second kappa shape index (κ2) is 9.48. The van der Waals surface area contributed by atoms with E-state index in [1.165, 1.54) is 6.07 Å². The van der Waals surface area contributed by atoms with Gasteiger partial charge in [0.15, 0.2) is 11.6 Å². The number of hydrogen-bond acceptors (Lipinski definition) is 2. The van der Waals surface area contributed by atoms with E-state index in [0.29, 0.717) is 5.56 Å². The van der Waals surface area contributed by atoms with E-state index in [4.69, 9.17) is 0 Å². The SMILES string of the molecule is CC(O)CCCC=Cc1ccc(-c2ccc(-c3ccc(O)c(F)c3F)cc2)cc1. The Morgan fingerprint density at radius 1 is 0.828 bits per heavy atom. The van der Waals surface area contributed by atoms with Gasteiger partial charge in [0.05, 0.1) is 6.10 Å². The first-order valence-electron chi connectivity index (χ1n) is 9.68. The number of rotatable bonds is 7. The molecule has 150 valence electrons. The minimum absolute atomic E-state index is 0.114. The fraction of sp³-hybridized carbons (Fsp3) is 0.200. The summed E-state index contributed by atoms with van der Waals surface area (Å²) in [7, 11) is 0. The number of hydrogen-bond donors (Lipinski definition) is 2. The van der Waals surface area contributed by atoms with Crippen molar-refractivity contribution < 1.29 is 19.0 Å². The molecular formula is C25H24F2O2. The first-order valence-corrected chi connectivity index (χ1v) is 9.68. The van der Waals surface area contributed by atoms with Gasteiger partial charge in [0.2, 0.25) is 5.82 Å². The van der Waals surface area contributed by atoms with E-state index in [0.717, 1.165) is 42.0 Å². The van der Waals surface area contributed by atoms with Crippen LogP contribution in [0.5, 0.6) is 5.75 Å². The molecular weight excluding hydrogens is 370 g/mol. The van der Waals surface area contributed by atoms with Crippen LogP contribution in [0.3, 0.4) is 0 Å². The summed E-state index contributed by atoms with van der Waals surface area (Å²) in [6.45, 7) is 1.80. The highest BCUT2D eigenvalue weighted by molar-refractivity contribution is 5.72. The number of aromatic hydroxyl groups is 1. The monoisotopic (exact) mass is 394 g/mol. The van der Waals surface area contributed by atoms with Crippen LogP contribution in [0, 0.1) is 11.6 Å². The summed E-state index contributed by atoms with van der Waals surface area (Å²) < 4.78 is 27.6. The van der Waals surface area contributed by atoms with Gasteiger partial charge < -0.3 is 10.2 Å². The third-order valence-corrected chi connectivity index (χ3v) is 4.80. The average molecular weight is 394 g/mol. The molecule has 0 fully saturated rings. The Morgan fingerprint density at radius 2 is 1.41 bits per heavy atom. The van der Waals surface area contributed by atoms with Gasteiger partial charge in [-0.1, -0.05) is 60.7 Å². The maximum Gasteiger partial charge on any atom is 0.200 e. The van der Waals surface area contributed by atoms with E-state index in [1.54, 1.807) is 19.1 Å². The standard InChI is InChI=1S/C25H24F2O2/c1-17(28)5-3-2-4-6-18-7-9-19(10-8-18)20-11-13-21(14-12-20)22-15-16-23(29)25(27)24(22)26/h4,6-17,28-29H,2-3,5H2,1H3. The Hall–Kier alpha value is -2.98. The highest BCUT2D eigenvalue weighted by Crippen LogP contribution is 2.30. The quantitative estimate of drug-likeness (QED) is 0.445. The molecule has 0 saturated carbocycles. The van der Waals surface area contributed by atoms with Crippen LogP contribution in [0.25, 0.3) is 28.3 Å². The molecule has 0 amide bonds. The molecule has 29 heavy (non-hydrogen) atoms. The topological polar surface area (TPSA) is 40.5 Å². The lowest BCUT2D eigenvalue weighted by Gasteiger charge is -2.08. The molecule has 3 aromatic carbocycles. The lowest BCUT2D eigenvalue weighted by molar-refractivity contribution is 0.182. The fourth-order valence-corrected chi connectivity index (χ4v) is 3.14. The van der Waals surface area contributed by atoms with Gasteiger partial charge in [0, 0.05) is 5.56 Å². The Labute approximate surface area is 169 Å². The summed E-state index contributed by atoms with van der Waals surface area (Å²) in [4.78, 5) is 0. The van der Waals surface area contributed by atoms with Crippen molar-refractivity contribution in [3.63, 3.8) is 0 Å². The van der Waals surface area contributed by atoms with Crippen molar-refractivity contribution in [2.45, 2.75) is 32.3 Å². The van der Waals surface area contributed by atoms with Crippen LogP contribution in [0.15, 0.2) is 66.7 Å². The number of benzene rings is 3. The van der Waals surface area contributed by atoms with Crippen molar-refractivity contribution in [3.8, 4) is 28.0 Å². The van der Waals surface area contributed by atoms with Crippen LogP contribution in [0.1, 0.15) is 31.7 Å². The van der Waals surface area contributed by atoms with Gasteiger partial charge in [-0.05, 0) is 60.6 Å². The van der Waals surface area contributed by atoms with Crippen LogP contribution in [0.4, 0.5) is 8.78 Å². The Bertz CT molecular complexity index is 975. The highest BCUT2D eigenvalue weighted by Gasteiger charge is 2.14. The molecule has 2 N–H and O–H groups in total. The summed E-state index contributed by atoms with van der Waals surface area (Å²) in [5.41, 5.74) is 3.76. The summed E-state index contributed by atoms with van der Waals surface area (Å²) in [6.07, 6.45) is 6.62. The summed E-state index contributed by atoms with van der Waals surface area (Å²) in [5, 5.41) is 18.5. The molecule has 3 rings (SSSR count). The normalized spacial score (nSPS) is 12.4. The molecule has 0 radical (unpaired) electrons. The highest BCUT2D eigenvalue weighted by atomic mass is 19.2. The zero-order valence-electron chi connectivity index (χ0n) is 16.3. The Balaban J connectivity index is 1.69. The third-order valence-electron chi connectivity index (χ3n) is 4.80. The van der Waals surface area contributed by atoms with Crippen molar-refractivity contribution in [2.24, 2.45) is 0 Å². The lowest BCUT2D eigenvalue weighted by Crippen LogP contribution is -1.97. The van der Waals surface area contributed by atoms with Gasteiger partial charge in [-0.15, -0.1) is 0 Å². The zero-order valence-corrected chi connectivity index (χ0v) is 16.3. The van der Waals surface area contributed by atoms with Crippen molar-refractivity contribution in [3.05, 3.63) is 83.9 Å². The predicted octanol–water partition coefficient (Wildman–Crippen LogP) is 6.57.